The Bertz CT molecular complexity index is 1220. The van der Waals surface area contributed by atoms with Crippen molar-refractivity contribution in [2.45, 2.75) is 38.8 Å². The van der Waals surface area contributed by atoms with Crippen LogP contribution in [0.25, 0.3) is 11.3 Å². The molecule has 3 aromatic rings. The molecule has 1 aromatic carbocycles. The Hall–Kier alpha value is -3.20. The van der Waals surface area contributed by atoms with Gasteiger partial charge in [0, 0.05) is 69.7 Å². The molecular weight excluding hydrogens is 459 g/mol. The number of fused-ring (bicyclic) bond motifs is 1. The normalized spacial score (nSPS) is 16.5. The highest BCUT2D eigenvalue weighted by Crippen LogP contribution is 2.33. The Balaban J connectivity index is 1.38. The molecule has 4 heterocycles. The van der Waals surface area contributed by atoms with Gasteiger partial charge in [-0.15, -0.1) is 0 Å². The highest BCUT2D eigenvalue weighted by Gasteiger charge is 2.29. The van der Waals surface area contributed by atoms with Gasteiger partial charge in [0.25, 0.3) is 0 Å². The van der Waals surface area contributed by atoms with Gasteiger partial charge in [-0.05, 0) is 18.2 Å². The van der Waals surface area contributed by atoms with E-state index >= 15 is 0 Å². The molecule has 0 spiro atoms. The number of rotatable bonds is 4. The number of amides is 1. The first-order valence-electron chi connectivity index (χ1n) is 11.4. The van der Waals surface area contributed by atoms with Crippen LogP contribution in [0.4, 0.5) is 10.2 Å². The molecular formula is C24H26ClFN6O2. The van der Waals surface area contributed by atoms with Gasteiger partial charge in [0.2, 0.25) is 5.91 Å². The summed E-state index contributed by atoms with van der Waals surface area (Å²) < 4.78 is 21.8. The summed E-state index contributed by atoms with van der Waals surface area (Å²) >= 11 is 5.85. The number of piperidine rings is 1. The van der Waals surface area contributed by atoms with Crippen LogP contribution in [0, 0.1) is 5.82 Å². The molecule has 2 aromatic heterocycles. The molecule has 2 aliphatic heterocycles. The van der Waals surface area contributed by atoms with E-state index in [2.05, 4.69) is 10.00 Å². The van der Waals surface area contributed by atoms with E-state index in [9.17, 15) is 9.18 Å². The number of aromatic nitrogens is 4. The van der Waals surface area contributed by atoms with Crippen molar-refractivity contribution in [3.63, 3.8) is 0 Å². The molecule has 1 amide bonds. The van der Waals surface area contributed by atoms with Gasteiger partial charge in [-0.25, -0.2) is 14.4 Å². The maximum Gasteiger partial charge on any atom is 0.219 e. The van der Waals surface area contributed by atoms with Crippen molar-refractivity contribution >= 4 is 23.3 Å². The molecule has 10 heteroatoms. The summed E-state index contributed by atoms with van der Waals surface area (Å²) in [5.74, 6) is 0.634. The summed E-state index contributed by atoms with van der Waals surface area (Å²) in [4.78, 5) is 25.9. The lowest BCUT2D eigenvalue weighted by Gasteiger charge is -2.35. The maximum atomic E-state index is 14.2. The third-order valence-electron chi connectivity index (χ3n) is 6.34. The molecule has 0 N–H and O–H groups in total. The molecule has 1 fully saturated rings. The van der Waals surface area contributed by atoms with Crippen molar-refractivity contribution in [2.24, 2.45) is 7.05 Å². The largest absolute Gasteiger partial charge is 0.487 e. The average Bonchev–Trinajstić information content (AvgIpc) is 3.26. The molecule has 0 radical (unpaired) electrons. The Kier molecular flexibility index (Phi) is 6.12. The molecule has 0 bridgehead atoms. The Morgan fingerprint density at radius 2 is 1.97 bits per heavy atom. The lowest BCUT2D eigenvalue weighted by molar-refractivity contribution is -0.129. The van der Waals surface area contributed by atoms with E-state index in [4.69, 9.17) is 26.3 Å². The first-order chi connectivity index (χ1) is 16.4. The van der Waals surface area contributed by atoms with E-state index in [0.717, 1.165) is 41.3 Å². The van der Waals surface area contributed by atoms with Gasteiger partial charge >= 0.3 is 0 Å². The zero-order valence-electron chi connectivity index (χ0n) is 19.2. The third kappa shape index (κ3) is 4.57. The number of nitrogens with zero attached hydrogens (tertiary/aromatic N) is 6. The summed E-state index contributed by atoms with van der Waals surface area (Å²) in [7, 11) is 1.87. The summed E-state index contributed by atoms with van der Waals surface area (Å²) in [6.07, 6.45) is 5.74. The van der Waals surface area contributed by atoms with Crippen LogP contribution >= 0.6 is 11.6 Å². The number of halogens is 2. The number of hydrogen-bond donors (Lipinski definition) is 0. The molecule has 5 rings (SSSR count). The molecule has 178 valence electrons. The van der Waals surface area contributed by atoms with Crippen LogP contribution in [0.1, 0.15) is 31.2 Å². The van der Waals surface area contributed by atoms with Gasteiger partial charge < -0.3 is 14.5 Å². The van der Waals surface area contributed by atoms with E-state index in [1.807, 2.05) is 13.2 Å². The highest BCUT2D eigenvalue weighted by molar-refractivity contribution is 6.30. The van der Waals surface area contributed by atoms with Crippen LogP contribution in [0.15, 0.2) is 30.6 Å². The van der Waals surface area contributed by atoms with Crippen molar-refractivity contribution in [1.29, 1.82) is 0 Å². The molecule has 0 aliphatic carbocycles. The van der Waals surface area contributed by atoms with Crippen LogP contribution in [0.3, 0.4) is 0 Å². The minimum atomic E-state index is -0.450. The third-order valence-corrected chi connectivity index (χ3v) is 6.58. The Morgan fingerprint density at radius 1 is 1.18 bits per heavy atom. The Labute approximate surface area is 202 Å². The summed E-state index contributed by atoms with van der Waals surface area (Å²) in [5, 5.41) is 4.66. The van der Waals surface area contributed by atoms with E-state index < -0.39 is 5.82 Å². The topological polar surface area (TPSA) is 76.4 Å². The first-order valence-corrected chi connectivity index (χ1v) is 11.8. The van der Waals surface area contributed by atoms with E-state index in [1.165, 1.54) is 6.07 Å². The monoisotopic (exact) mass is 484 g/mol. The summed E-state index contributed by atoms with van der Waals surface area (Å²) in [5.41, 5.74) is 3.41. The predicted molar refractivity (Wildman–Crippen MR) is 126 cm³/mol. The van der Waals surface area contributed by atoms with Crippen LogP contribution in [-0.4, -0.2) is 56.3 Å². The lowest BCUT2D eigenvalue weighted by atomic mass is 10.1. The van der Waals surface area contributed by atoms with Gasteiger partial charge in [-0.3, -0.25) is 9.48 Å². The van der Waals surface area contributed by atoms with Gasteiger partial charge in [0.05, 0.1) is 24.1 Å². The SMILES string of the molecule is CC(=O)N1CCc2nc(N3CCC(Oc4ccc(Cl)cc4F)CC3)c(-c3cnn(C)c3)nc2C1. The molecule has 0 atom stereocenters. The predicted octanol–water partition coefficient (Wildman–Crippen LogP) is 3.62. The van der Waals surface area contributed by atoms with Crippen LogP contribution in [-0.2, 0) is 24.8 Å². The van der Waals surface area contributed by atoms with Crippen LogP contribution in [0.5, 0.6) is 5.75 Å². The molecule has 2 aliphatic rings. The molecule has 0 saturated carbocycles. The average molecular weight is 485 g/mol. The second kappa shape index (κ2) is 9.21. The van der Waals surface area contributed by atoms with Gasteiger partial charge in [-0.1, -0.05) is 11.6 Å². The molecule has 1 saturated heterocycles. The highest BCUT2D eigenvalue weighted by atomic mass is 35.5. The van der Waals surface area contributed by atoms with Crippen molar-refractivity contribution < 1.29 is 13.9 Å². The minimum Gasteiger partial charge on any atom is -0.487 e. The number of carbonyl (C=O) groups is 1. The summed E-state index contributed by atoms with van der Waals surface area (Å²) in [6, 6.07) is 4.47. The Morgan fingerprint density at radius 3 is 2.65 bits per heavy atom. The smallest absolute Gasteiger partial charge is 0.219 e. The zero-order chi connectivity index (χ0) is 23.8. The molecule has 8 nitrogen and oxygen atoms in total. The fourth-order valence-corrected chi connectivity index (χ4v) is 4.64. The van der Waals surface area contributed by atoms with Crippen LogP contribution in [0.2, 0.25) is 5.02 Å². The number of ether oxygens (including phenoxy) is 1. The van der Waals surface area contributed by atoms with Crippen molar-refractivity contribution in [2.75, 3.05) is 24.5 Å². The maximum absolute atomic E-state index is 14.2. The van der Waals surface area contributed by atoms with Crippen molar-refractivity contribution in [3.05, 3.63) is 52.8 Å². The van der Waals surface area contributed by atoms with Gasteiger partial charge in [-0.2, -0.15) is 5.10 Å². The lowest BCUT2D eigenvalue weighted by Crippen LogP contribution is -2.40. The van der Waals surface area contributed by atoms with E-state index in [-0.39, 0.29) is 17.8 Å². The number of aryl methyl sites for hydroxylation is 1. The van der Waals surface area contributed by atoms with E-state index in [1.54, 1.807) is 34.8 Å². The molecule has 0 unspecified atom stereocenters. The standard InChI is InChI=1S/C24H26ClFN6O2/c1-15(33)32-10-7-20-21(14-32)28-23(16-12-27-30(2)13-16)24(29-20)31-8-5-18(6-9-31)34-22-4-3-17(25)11-19(22)26/h3-4,11-13,18H,5-10,14H2,1-2H3. The second-order valence-corrected chi connectivity index (χ2v) is 9.20. The van der Waals surface area contributed by atoms with Crippen LogP contribution < -0.4 is 9.64 Å². The number of carbonyl (C=O) groups excluding carboxylic acids is 1. The fraction of sp³-hybridized carbons (Fsp3) is 0.417. The van der Waals surface area contributed by atoms with E-state index in [0.29, 0.717) is 37.6 Å². The van der Waals surface area contributed by atoms with Gasteiger partial charge in [0.1, 0.15) is 11.8 Å². The van der Waals surface area contributed by atoms with Crippen molar-refractivity contribution in [1.82, 2.24) is 24.6 Å². The summed E-state index contributed by atoms with van der Waals surface area (Å²) in [6.45, 7) is 4.11. The van der Waals surface area contributed by atoms with Gasteiger partial charge in [0.15, 0.2) is 17.4 Å². The number of benzene rings is 1. The zero-order valence-corrected chi connectivity index (χ0v) is 19.9. The number of hydrogen-bond acceptors (Lipinski definition) is 6. The van der Waals surface area contributed by atoms with Crippen molar-refractivity contribution in [3.8, 4) is 17.0 Å². The first kappa shape index (κ1) is 22.6. The second-order valence-electron chi connectivity index (χ2n) is 8.76. The minimum absolute atomic E-state index is 0.0404. The molecule has 34 heavy (non-hydrogen) atoms. The fourth-order valence-electron chi connectivity index (χ4n) is 4.48. The quantitative estimate of drug-likeness (QED) is 0.563. The number of anilines is 1.